The standard InChI is InChI=1S/2C5H8O2.ClH.In/c2*6-5(7)4-2-1-3-4;;/h2*4H,1-3H2,(H,6,7);1H;/q;;;+3/p-3. The van der Waals surface area contributed by atoms with Crippen LogP contribution < -0.4 is 22.6 Å². The number of hydrogen-bond acceptors (Lipinski definition) is 4. The van der Waals surface area contributed by atoms with Gasteiger partial charge in [0, 0.05) is 11.9 Å². The molecule has 4 nitrogen and oxygen atoms in total. The van der Waals surface area contributed by atoms with E-state index < -0.39 is 11.9 Å². The number of carboxylic acid groups (broad SMARTS) is 2. The maximum atomic E-state index is 9.87. The molecule has 2 rings (SSSR count). The fraction of sp³-hybridized carbons (Fsp3) is 0.800. The normalized spacial score (nSPS) is 18.5. The Hall–Kier alpha value is 0.100. The Morgan fingerprint density at radius 2 is 1.06 bits per heavy atom. The Morgan fingerprint density at radius 1 is 0.812 bits per heavy atom. The molecule has 2 aliphatic rings. The first-order chi connectivity index (χ1) is 6.61. The Kier molecular flexibility index (Phi) is 10.6. The summed E-state index contributed by atoms with van der Waals surface area (Å²) < 4.78 is 0. The van der Waals surface area contributed by atoms with E-state index in [0.717, 1.165) is 38.5 Å². The first kappa shape index (κ1) is 18.5. The zero-order valence-electron chi connectivity index (χ0n) is 8.99. The third kappa shape index (κ3) is 5.99. The third-order valence-corrected chi connectivity index (χ3v) is 2.88. The molecule has 16 heavy (non-hydrogen) atoms. The Bertz CT molecular complexity index is 203. The molecule has 2 fully saturated rings. The first-order valence-corrected chi connectivity index (χ1v) is 5.03. The van der Waals surface area contributed by atoms with E-state index in [1.807, 2.05) is 0 Å². The summed E-state index contributed by atoms with van der Waals surface area (Å²) >= 11 is 0. The van der Waals surface area contributed by atoms with Crippen LogP contribution in [0.3, 0.4) is 0 Å². The van der Waals surface area contributed by atoms with Crippen LogP contribution in [0.15, 0.2) is 0 Å². The van der Waals surface area contributed by atoms with E-state index in [0.29, 0.717) is 0 Å². The Balaban J connectivity index is 0. The Labute approximate surface area is 120 Å². The van der Waals surface area contributed by atoms with Gasteiger partial charge in [-0.3, -0.25) is 0 Å². The smallest absolute Gasteiger partial charge is 1.00 e. The van der Waals surface area contributed by atoms with Crippen molar-refractivity contribution in [1.82, 2.24) is 0 Å². The predicted molar refractivity (Wildman–Crippen MR) is 50.5 cm³/mol. The van der Waals surface area contributed by atoms with Crippen molar-refractivity contribution in [1.29, 1.82) is 0 Å². The zero-order valence-corrected chi connectivity index (χ0v) is 13.0. The minimum Gasteiger partial charge on any atom is -1.00 e. The van der Waals surface area contributed by atoms with E-state index in [4.69, 9.17) is 0 Å². The van der Waals surface area contributed by atoms with E-state index in [1.54, 1.807) is 0 Å². The monoisotopic (exact) mass is 348 g/mol. The van der Waals surface area contributed by atoms with Crippen molar-refractivity contribution in [2.75, 3.05) is 0 Å². The van der Waals surface area contributed by atoms with E-state index in [-0.39, 0.29) is 50.1 Å². The van der Waals surface area contributed by atoms with Gasteiger partial charge in [-0.15, -0.1) is 0 Å². The molecule has 0 aromatic rings. The number of aliphatic carboxylic acids is 2. The molecule has 0 unspecified atom stereocenters. The third-order valence-electron chi connectivity index (χ3n) is 2.88. The summed E-state index contributed by atoms with van der Waals surface area (Å²) in [5.74, 6) is -1.96. The number of carboxylic acids is 2. The van der Waals surface area contributed by atoms with E-state index in [9.17, 15) is 19.8 Å². The quantitative estimate of drug-likeness (QED) is 0.506. The fourth-order valence-electron chi connectivity index (χ4n) is 1.29. The molecule has 0 heterocycles. The van der Waals surface area contributed by atoms with Gasteiger partial charge in [0.05, 0.1) is 0 Å². The van der Waals surface area contributed by atoms with Gasteiger partial charge in [0.25, 0.3) is 0 Å². The van der Waals surface area contributed by atoms with Crippen molar-refractivity contribution < 1.29 is 32.2 Å². The average molecular weight is 348 g/mol. The minimum atomic E-state index is -0.869. The number of halogens is 1. The van der Waals surface area contributed by atoms with Gasteiger partial charge in [0.15, 0.2) is 0 Å². The van der Waals surface area contributed by atoms with Crippen LogP contribution in [-0.2, 0) is 9.59 Å². The summed E-state index contributed by atoms with van der Waals surface area (Å²) in [5.41, 5.74) is 0. The molecule has 0 amide bonds. The maximum Gasteiger partial charge on any atom is 3.00 e. The molecule has 0 aromatic heterocycles. The molecule has 88 valence electrons. The van der Waals surface area contributed by atoms with Crippen LogP contribution in [0.1, 0.15) is 38.5 Å². The van der Waals surface area contributed by atoms with Crippen molar-refractivity contribution >= 4 is 37.8 Å². The van der Waals surface area contributed by atoms with Crippen molar-refractivity contribution in [3.05, 3.63) is 0 Å². The molecule has 0 bridgehead atoms. The zero-order chi connectivity index (χ0) is 10.6. The average Bonchev–Trinajstić information content (AvgIpc) is 1.74. The van der Waals surface area contributed by atoms with Crippen LogP contribution in [0.2, 0.25) is 0 Å². The molecule has 0 spiro atoms. The summed E-state index contributed by atoms with van der Waals surface area (Å²) in [6, 6.07) is 0. The molecule has 0 radical (unpaired) electrons. The molecule has 0 N–H and O–H groups in total. The maximum absolute atomic E-state index is 9.87. The molecule has 2 aliphatic carbocycles. The van der Waals surface area contributed by atoms with Gasteiger partial charge in [-0.05, 0) is 37.5 Å². The topological polar surface area (TPSA) is 80.3 Å². The summed E-state index contributed by atoms with van der Waals surface area (Å²) in [4.78, 5) is 19.7. The van der Waals surface area contributed by atoms with Crippen LogP contribution >= 0.6 is 0 Å². The molecule has 0 aliphatic heterocycles. The van der Waals surface area contributed by atoms with Crippen molar-refractivity contribution in [2.45, 2.75) is 38.5 Å². The summed E-state index contributed by atoms with van der Waals surface area (Å²) in [6.45, 7) is 0. The second-order valence-corrected chi connectivity index (χ2v) is 3.89. The number of hydrogen-bond donors (Lipinski definition) is 0. The van der Waals surface area contributed by atoms with Gasteiger partial charge < -0.3 is 32.2 Å². The first-order valence-electron chi connectivity index (χ1n) is 5.03. The molecule has 0 atom stereocenters. The second-order valence-electron chi connectivity index (χ2n) is 3.89. The minimum absolute atomic E-state index is 0. The summed E-state index contributed by atoms with van der Waals surface area (Å²) in [5, 5.41) is 19.7. The number of carbonyl (C=O) groups is 2. The van der Waals surface area contributed by atoms with Gasteiger partial charge in [-0.1, -0.05) is 12.8 Å². The molecule has 2 saturated carbocycles. The number of rotatable bonds is 2. The Morgan fingerprint density at radius 3 is 1.06 bits per heavy atom. The van der Waals surface area contributed by atoms with E-state index in [1.165, 1.54) is 0 Å². The molecular formula is C10H14ClInO4. The molecule has 6 heteroatoms. The molecule has 0 aromatic carbocycles. The van der Waals surface area contributed by atoms with Crippen LogP contribution in [-0.4, -0.2) is 37.8 Å². The van der Waals surface area contributed by atoms with Crippen LogP contribution in [0.4, 0.5) is 0 Å². The van der Waals surface area contributed by atoms with E-state index in [2.05, 4.69) is 0 Å². The SMILES string of the molecule is O=C([O-])C1CCC1.O=C([O-])C1CCC1.[Cl-].[In+3]. The van der Waals surface area contributed by atoms with Crippen molar-refractivity contribution in [3.63, 3.8) is 0 Å². The van der Waals surface area contributed by atoms with Gasteiger partial charge >= 0.3 is 25.8 Å². The van der Waals surface area contributed by atoms with E-state index >= 15 is 0 Å². The molecular weight excluding hydrogens is 334 g/mol. The van der Waals surface area contributed by atoms with Crippen molar-refractivity contribution in [2.24, 2.45) is 11.8 Å². The van der Waals surface area contributed by atoms with Gasteiger partial charge in [0.1, 0.15) is 0 Å². The van der Waals surface area contributed by atoms with Crippen LogP contribution in [0.25, 0.3) is 0 Å². The van der Waals surface area contributed by atoms with Crippen molar-refractivity contribution in [3.8, 4) is 0 Å². The van der Waals surface area contributed by atoms with Gasteiger partial charge in [0.2, 0.25) is 0 Å². The predicted octanol–water partition coefficient (Wildman–Crippen LogP) is -4.30. The van der Waals surface area contributed by atoms with Crippen LogP contribution in [0, 0.1) is 11.8 Å². The van der Waals surface area contributed by atoms with Gasteiger partial charge in [-0.2, -0.15) is 0 Å². The largest absolute Gasteiger partial charge is 3.00 e. The second kappa shape index (κ2) is 9.16. The molecule has 0 saturated heterocycles. The number of carbonyl (C=O) groups excluding carboxylic acids is 2. The summed E-state index contributed by atoms with van der Waals surface area (Å²) in [7, 11) is 0. The van der Waals surface area contributed by atoms with Crippen LogP contribution in [0.5, 0.6) is 0 Å². The fourth-order valence-corrected chi connectivity index (χ4v) is 1.29. The van der Waals surface area contributed by atoms with Gasteiger partial charge in [-0.25, -0.2) is 0 Å². The summed E-state index contributed by atoms with van der Waals surface area (Å²) in [6.07, 6.45) is 5.48.